The smallest absolute Gasteiger partial charge is 0.0713 e. The Morgan fingerprint density at radius 2 is 0.864 bits per heavy atom. The zero-order valence-electron chi connectivity index (χ0n) is 13.6. The van der Waals surface area contributed by atoms with Gasteiger partial charge in [-0.15, -0.1) is 0 Å². The van der Waals surface area contributed by atoms with Gasteiger partial charge < -0.3 is 10.2 Å². The van der Waals surface area contributed by atoms with Crippen LogP contribution in [0.25, 0.3) is 0 Å². The highest BCUT2D eigenvalue weighted by Gasteiger charge is 2.70. The molecule has 0 aromatic heterocycles. The third-order valence-corrected chi connectivity index (χ3v) is 9.01. The maximum atomic E-state index is 11.6. The van der Waals surface area contributed by atoms with Gasteiger partial charge in [-0.2, -0.15) is 0 Å². The molecule has 0 aliphatic heterocycles. The second-order valence-electron chi connectivity index (χ2n) is 10.7. The molecule has 2 nitrogen and oxygen atoms in total. The molecule has 0 spiro atoms. The summed E-state index contributed by atoms with van der Waals surface area (Å²) in [5, 5.41) is 23.3. The number of hydrogen-bond acceptors (Lipinski definition) is 2. The molecule has 8 aliphatic carbocycles. The van der Waals surface area contributed by atoms with Crippen LogP contribution in [0.4, 0.5) is 0 Å². The van der Waals surface area contributed by atoms with E-state index in [0.29, 0.717) is 17.3 Å². The molecule has 0 unspecified atom stereocenters. The summed E-state index contributed by atoms with van der Waals surface area (Å²) in [6.07, 6.45) is 13.6. The molecule has 22 heavy (non-hydrogen) atoms. The summed E-state index contributed by atoms with van der Waals surface area (Å²) < 4.78 is 0. The van der Waals surface area contributed by atoms with Crippen molar-refractivity contribution in [3.63, 3.8) is 0 Å². The molecule has 8 aliphatic rings. The van der Waals surface area contributed by atoms with E-state index >= 15 is 0 Å². The Balaban J connectivity index is 1.46. The summed E-state index contributed by atoms with van der Waals surface area (Å²) in [7, 11) is 0. The summed E-state index contributed by atoms with van der Waals surface area (Å²) in [5.74, 6) is 4.15. The van der Waals surface area contributed by atoms with Crippen LogP contribution >= 0.6 is 0 Å². The molecule has 2 N–H and O–H groups in total. The largest absolute Gasteiger partial charge is 0.389 e. The summed E-state index contributed by atoms with van der Waals surface area (Å²) in [6, 6.07) is 0. The second kappa shape index (κ2) is 3.77. The molecule has 0 atom stereocenters. The van der Waals surface area contributed by atoms with Gasteiger partial charge >= 0.3 is 0 Å². The Bertz CT molecular complexity index is 453. The average Bonchev–Trinajstić information content (AvgIpc) is 2.31. The minimum absolute atomic E-state index is 0.202. The lowest BCUT2D eigenvalue weighted by molar-refractivity contribution is -0.296. The maximum absolute atomic E-state index is 11.6. The van der Waals surface area contributed by atoms with E-state index in [9.17, 15) is 10.2 Å². The van der Waals surface area contributed by atoms with Crippen LogP contribution in [0.5, 0.6) is 0 Å². The number of aliphatic hydroxyl groups is 2. The van der Waals surface area contributed by atoms with Crippen molar-refractivity contribution in [2.45, 2.75) is 81.8 Å². The Hall–Kier alpha value is -0.0800. The summed E-state index contributed by atoms with van der Waals surface area (Å²) >= 11 is 0. The van der Waals surface area contributed by atoms with Gasteiger partial charge in [-0.3, -0.25) is 0 Å². The zero-order valence-corrected chi connectivity index (χ0v) is 13.6. The fourth-order valence-corrected chi connectivity index (χ4v) is 9.76. The first kappa shape index (κ1) is 13.2. The first-order valence-electron chi connectivity index (χ1n) is 9.91. The highest BCUT2D eigenvalue weighted by Crippen LogP contribution is 2.72. The molecule has 0 amide bonds. The van der Waals surface area contributed by atoms with Crippen molar-refractivity contribution in [1.82, 2.24) is 0 Å². The van der Waals surface area contributed by atoms with Gasteiger partial charge in [0.1, 0.15) is 0 Å². The van der Waals surface area contributed by atoms with Gasteiger partial charge in [-0.25, -0.2) is 0 Å². The monoisotopic (exact) mass is 302 g/mol. The van der Waals surface area contributed by atoms with E-state index in [0.717, 1.165) is 43.4 Å². The SMILES string of the molecule is OC12CC3CC(C1)CC(O)(C3)C2C12CC3CC(CC(C3)C1)C2. The molecule has 2 heteroatoms. The first-order valence-corrected chi connectivity index (χ1v) is 9.91. The van der Waals surface area contributed by atoms with Crippen LogP contribution in [0, 0.1) is 40.9 Å². The van der Waals surface area contributed by atoms with E-state index in [-0.39, 0.29) is 5.92 Å². The predicted octanol–water partition coefficient (Wildman–Crippen LogP) is 3.50. The van der Waals surface area contributed by atoms with E-state index in [4.69, 9.17) is 0 Å². The van der Waals surface area contributed by atoms with Gasteiger partial charge in [0.05, 0.1) is 11.2 Å². The Labute approximate surface area is 133 Å². The van der Waals surface area contributed by atoms with Crippen molar-refractivity contribution in [2.24, 2.45) is 40.9 Å². The second-order valence-corrected chi connectivity index (χ2v) is 10.7. The minimum atomic E-state index is -0.523. The van der Waals surface area contributed by atoms with Crippen LogP contribution in [-0.2, 0) is 0 Å². The lowest BCUT2D eigenvalue weighted by Crippen LogP contribution is -2.71. The zero-order chi connectivity index (χ0) is 14.7. The standard InChI is InChI=1S/C20H30O2/c21-19-8-15-4-16(10-19)11-20(22,9-15)17(19)18-5-12-1-13(6-18)3-14(2-12)7-18/h12-17,21-22H,1-11H2. The Morgan fingerprint density at radius 1 is 0.500 bits per heavy atom. The van der Waals surface area contributed by atoms with Crippen molar-refractivity contribution >= 4 is 0 Å². The molecular weight excluding hydrogens is 272 g/mol. The maximum Gasteiger partial charge on any atom is 0.0713 e. The molecule has 0 heterocycles. The number of hydrogen-bond donors (Lipinski definition) is 2. The molecule has 8 rings (SSSR count). The highest BCUT2D eigenvalue weighted by molar-refractivity contribution is 5.20. The van der Waals surface area contributed by atoms with Crippen molar-refractivity contribution in [1.29, 1.82) is 0 Å². The van der Waals surface area contributed by atoms with Crippen molar-refractivity contribution < 1.29 is 10.2 Å². The van der Waals surface area contributed by atoms with Gasteiger partial charge in [-0.1, -0.05) is 0 Å². The molecule has 8 saturated carbocycles. The van der Waals surface area contributed by atoms with Crippen LogP contribution in [-0.4, -0.2) is 21.4 Å². The van der Waals surface area contributed by atoms with E-state index in [1.54, 1.807) is 0 Å². The summed E-state index contributed by atoms with van der Waals surface area (Å²) in [5.41, 5.74) is -0.749. The van der Waals surface area contributed by atoms with Crippen molar-refractivity contribution in [3.8, 4) is 0 Å². The third-order valence-electron chi connectivity index (χ3n) is 9.01. The van der Waals surface area contributed by atoms with Gasteiger partial charge in [0.15, 0.2) is 0 Å². The number of rotatable bonds is 1. The lowest BCUT2D eigenvalue weighted by atomic mass is 9.36. The van der Waals surface area contributed by atoms with E-state index in [1.807, 2.05) is 0 Å². The van der Waals surface area contributed by atoms with E-state index < -0.39 is 11.2 Å². The molecule has 8 bridgehead atoms. The van der Waals surface area contributed by atoms with Crippen LogP contribution in [0.1, 0.15) is 70.6 Å². The van der Waals surface area contributed by atoms with E-state index in [2.05, 4.69) is 0 Å². The van der Waals surface area contributed by atoms with Crippen LogP contribution < -0.4 is 0 Å². The van der Waals surface area contributed by atoms with Crippen molar-refractivity contribution in [2.75, 3.05) is 0 Å². The fraction of sp³-hybridized carbons (Fsp3) is 1.00. The molecule has 0 saturated heterocycles. The van der Waals surface area contributed by atoms with Gasteiger partial charge in [0.25, 0.3) is 0 Å². The molecule has 0 radical (unpaired) electrons. The van der Waals surface area contributed by atoms with Gasteiger partial charge in [-0.05, 0) is 106 Å². The quantitative estimate of drug-likeness (QED) is 0.778. The molecule has 122 valence electrons. The van der Waals surface area contributed by atoms with Crippen LogP contribution in [0.3, 0.4) is 0 Å². The summed E-state index contributed by atoms with van der Waals surface area (Å²) in [6.45, 7) is 0. The van der Waals surface area contributed by atoms with Crippen LogP contribution in [0.2, 0.25) is 0 Å². The fourth-order valence-electron chi connectivity index (χ4n) is 9.76. The summed E-state index contributed by atoms with van der Waals surface area (Å²) in [4.78, 5) is 0. The Morgan fingerprint density at radius 3 is 1.27 bits per heavy atom. The normalized spacial score (nSPS) is 67.9. The van der Waals surface area contributed by atoms with Crippen molar-refractivity contribution in [3.05, 3.63) is 0 Å². The predicted molar refractivity (Wildman–Crippen MR) is 84.1 cm³/mol. The third kappa shape index (κ3) is 1.50. The highest BCUT2D eigenvalue weighted by atomic mass is 16.3. The average molecular weight is 302 g/mol. The Kier molecular flexibility index (Phi) is 2.27. The molecule has 0 aromatic carbocycles. The molecule has 0 aromatic rings. The first-order chi connectivity index (χ1) is 10.5. The molecule has 8 fully saturated rings. The topological polar surface area (TPSA) is 40.5 Å². The van der Waals surface area contributed by atoms with E-state index in [1.165, 1.54) is 44.9 Å². The van der Waals surface area contributed by atoms with Gasteiger partial charge in [0, 0.05) is 5.92 Å². The lowest BCUT2D eigenvalue weighted by Gasteiger charge is -2.71. The van der Waals surface area contributed by atoms with Gasteiger partial charge in [0.2, 0.25) is 0 Å². The minimum Gasteiger partial charge on any atom is -0.389 e. The molecular formula is C20H30O2. The van der Waals surface area contributed by atoms with Crippen LogP contribution in [0.15, 0.2) is 0 Å².